The maximum atomic E-state index is 11.6. The molecular formula is C11H12OS. The van der Waals surface area contributed by atoms with Crippen molar-refractivity contribution in [3.8, 4) is 0 Å². The summed E-state index contributed by atoms with van der Waals surface area (Å²) < 4.78 is 0. The van der Waals surface area contributed by atoms with E-state index in [1.165, 1.54) is 0 Å². The lowest BCUT2D eigenvalue weighted by atomic mass is 10.1. The van der Waals surface area contributed by atoms with E-state index in [1.54, 1.807) is 11.8 Å². The first-order chi connectivity index (χ1) is 6.38. The summed E-state index contributed by atoms with van der Waals surface area (Å²) in [7, 11) is 0. The van der Waals surface area contributed by atoms with Crippen molar-refractivity contribution >= 4 is 17.5 Å². The molecule has 1 aromatic rings. The Morgan fingerprint density at radius 1 is 1.15 bits per heavy atom. The van der Waals surface area contributed by atoms with Gasteiger partial charge in [-0.05, 0) is 24.7 Å². The smallest absolute Gasteiger partial charge is 0.163 e. The number of hydrogen-bond acceptors (Lipinski definition) is 2. The van der Waals surface area contributed by atoms with Crippen LogP contribution in [0.3, 0.4) is 0 Å². The summed E-state index contributed by atoms with van der Waals surface area (Å²) in [5, 5.41) is 0. The average molecular weight is 192 g/mol. The van der Waals surface area contributed by atoms with Gasteiger partial charge in [0.05, 0.1) is 0 Å². The summed E-state index contributed by atoms with van der Waals surface area (Å²) >= 11 is 1.81. The molecule has 0 bridgehead atoms. The van der Waals surface area contributed by atoms with Crippen LogP contribution in [-0.4, -0.2) is 11.5 Å². The molecule has 0 aromatic heterocycles. The highest BCUT2D eigenvalue weighted by Gasteiger charge is 2.13. The van der Waals surface area contributed by atoms with E-state index < -0.39 is 0 Å². The summed E-state index contributed by atoms with van der Waals surface area (Å²) in [4.78, 5) is 12.8. The van der Waals surface area contributed by atoms with Gasteiger partial charge in [-0.25, -0.2) is 0 Å². The van der Waals surface area contributed by atoms with Crippen molar-refractivity contribution in [2.24, 2.45) is 0 Å². The minimum absolute atomic E-state index is 0.308. The second kappa shape index (κ2) is 3.97. The number of ketones is 1. The predicted molar refractivity (Wildman–Crippen MR) is 55.3 cm³/mol. The third-order valence-corrected chi connectivity index (χ3v) is 3.40. The molecule has 1 aliphatic heterocycles. The number of carbonyl (C=O) groups is 1. The highest BCUT2D eigenvalue weighted by molar-refractivity contribution is 7.99. The third kappa shape index (κ3) is 1.94. The van der Waals surface area contributed by atoms with Gasteiger partial charge in [-0.3, -0.25) is 4.79 Å². The first kappa shape index (κ1) is 8.82. The summed E-state index contributed by atoms with van der Waals surface area (Å²) in [6.07, 6.45) is 2.92. The molecule has 68 valence electrons. The van der Waals surface area contributed by atoms with Crippen LogP contribution in [0.25, 0.3) is 0 Å². The predicted octanol–water partition coefficient (Wildman–Crippen LogP) is 3.15. The molecule has 0 N–H and O–H groups in total. The molecule has 0 spiro atoms. The van der Waals surface area contributed by atoms with E-state index in [4.69, 9.17) is 0 Å². The molecule has 1 aromatic carbocycles. The normalized spacial score (nSPS) is 17.4. The molecule has 1 nitrogen and oxygen atoms in total. The van der Waals surface area contributed by atoms with Crippen LogP contribution >= 0.6 is 11.8 Å². The van der Waals surface area contributed by atoms with Gasteiger partial charge in [0.15, 0.2) is 5.78 Å². The standard InChI is InChI=1S/C11H12OS/c12-10-6-3-4-8-13-11-7-2-1-5-9(10)11/h1-2,5,7H,3-4,6,8H2. The number of benzene rings is 1. The second-order valence-electron chi connectivity index (χ2n) is 3.22. The van der Waals surface area contributed by atoms with Gasteiger partial charge in [0.1, 0.15) is 0 Å². The largest absolute Gasteiger partial charge is 0.294 e. The first-order valence-electron chi connectivity index (χ1n) is 4.63. The number of hydrogen-bond donors (Lipinski definition) is 0. The molecule has 0 unspecified atom stereocenters. The molecule has 0 amide bonds. The fourth-order valence-electron chi connectivity index (χ4n) is 1.53. The highest BCUT2D eigenvalue weighted by Crippen LogP contribution is 2.27. The van der Waals surface area contributed by atoms with Crippen LogP contribution in [-0.2, 0) is 0 Å². The first-order valence-corrected chi connectivity index (χ1v) is 5.61. The number of carbonyl (C=O) groups excluding carboxylic acids is 1. The SMILES string of the molecule is O=C1CCCCSc2ccccc21. The van der Waals surface area contributed by atoms with E-state index in [1.807, 2.05) is 24.3 Å². The molecule has 0 fully saturated rings. The molecule has 0 saturated carbocycles. The molecule has 0 atom stereocenters. The summed E-state index contributed by atoms with van der Waals surface area (Å²) in [5.41, 5.74) is 0.923. The number of fused-ring (bicyclic) bond motifs is 1. The summed E-state index contributed by atoms with van der Waals surface area (Å²) in [5.74, 6) is 1.45. The Balaban J connectivity index is 2.37. The van der Waals surface area contributed by atoms with Crippen LogP contribution in [0.2, 0.25) is 0 Å². The van der Waals surface area contributed by atoms with Crippen molar-refractivity contribution in [3.05, 3.63) is 29.8 Å². The fraction of sp³-hybridized carbons (Fsp3) is 0.364. The Hall–Kier alpha value is -0.760. The topological polar surface area (TPSA) is 17.1 Å². The van der Waals surface area contributed by atoms with Crippen LogP contribution in [0.4, 0.5) is 0 Å². The zero-order valence-corrected chi connectivity index (χ0v) is 8.27. The van der Waals surface area contributed by atoms with Crippen molar-refractivity contribution in [2.45, 2.75) is 24.2 Å². The Labute approximate surface area is 82.5 Å². The zero-order valence-electron chi connectivity index (χ0n) is 7.45. The maximum absolute atomic E-state index is 11.6. The van der Waals surface area contributed by atoms with E-state index in [-0.39, 0.29) is 0 Å². The molecule has 1 heterocycles. The highest BCUT2D eigenvalue weighted by atomic mass is 32.2. The lowest BCUT2D eigenvalue weighted by Gasteiger charge is -2.11. The van der Waals surface area contributed by atoms with Crippen molar-refractivity contribution in [1.29, 1.82) is 0 Å². The fourth-order valence-corrected chi connectivity index (χ4v) is 2.61. The quantitative estimate of drug-likeness (QED) is 0.628. The Morgan fingerprint density at radius 3 is 2.92 bits per heavy atom. The molecule has 0 aliphatic carbocycles. The van der Waals surface area contributed by atoms with Crippen molar-refractivity contribution < 1.29 is 4.79 Å². The Bertz CT molecular complexity index is 320. The number of rotatable bonds is 0. The number of Topliss-reactive ketones (excluding diaryl/α,β-unsaturated/α-hetero) is 1. The van der Waals surface area contributed by atoms with Gasteiger partial charge in [-0.1, -0.05) is 18.2 Å². The molecule has 2 heteroatoms. The van der Waals surface area contributed by atoms with Gasteiger partial charge in [0, 0.05) is 16.9 Å². The minimum Gasteiger partial charge on any atom is -0.294 e. The van der Waals surface area contributed by atoms with Crippen molar-refractivity contribution in [1.82, 2.24) is 0 Å². The number of thioether (sulfide) groups is 1. The van der Waals surface area contributed by atoms with Gasteiger partial charge >= 0.3 is 0 Å². The van der Waals surface area contributed by atoms with Gasteiger partial charge in [-0.15, -0.1) is 11.8 Å². The molecule has 13 heavy (non-hydrogen) atoms. The summed E-state index contributed by atoms with van der Waals surface area (Å²) in [6, 6.07) is 7.93. The van der Waals surface area contributed by atoms with Crippen LogP contribution < -0.4 is 0 Å². The van der Waals surface area contributed by atoms with Crippen molar-refractivity contribution in [3.63, 3.8) is 0 Å². The third-order valence-electron chi connectivity index (χ3n) is 2.24. The van der Waals surface area contributed by atoms with Gasteiger partial charge in [0.25, 0.3) is 0 Å². The van der Waals surface area contributed by atoms with E-state index >= 15 is 0 Å². The maximum Gasteiger partial charge on any atom is 0.163 e. The Kier molecular flexibility index (Phi) is 2.69. The van der Waals surface area contributed by atoms with Crippen LogP contribution in [0.15, 0.2) is 29.2 Å². The van der Waals surface area contributed by atoms with E-state index in [9.17, 15) is 4.79 Å². The lowest BCUT2D eigenvalue weighted by Crippen LogP contribution is -2.03. The summed E-state index contributed by atoms with van der Waals surface area (Å²) in [6.45, 7) is 0. The van der Waals surface area contributed by atoms with E-state index in [0.717, 1.165) is 35.5 Å². The van der Waals surface area contributed by atoms with Gasteiger partial charge < -0.3 is 0 Å². The van der Waals surface area contributed by atoms with E-state index in [2.05, 4.69) is 0 Å². The van der Waals surface area contributed by atoms with E-state index in [0.29, 0.717) is 5.78 Å². The Morgan fingerprint density at radius 2 is 2.00 bits per heavy atom. The average Bonchev–Trinajstić information content (AvgIpc) is 2.14. The molecule has 0 radical (unpaired) electrons. The second-order valence-corrected chi connectivity index (χ2v) is 4.36. The van der Waals surface area contributed by atoms with Gasteiger partial charge in [0.2, 0.25) is 0 Å². The lowest BCUT2D eigenvalue weighted by molar-refractivity contribution is 0.0976. The molecule has 2 rings (SSSR count). The van der Waals surface area contributed by atoms with Gasteiger partial charge in [-0.2, -0.15) is 0 Å². The zero-order chi connectivity index (χ0) is 9.10. The molecule has 0 saturated heterocycles. The van der Waals surface area contributed by atoms with Crippen LogP contribution in [0.5, 0.6) is 0 Å². The molecular weight excluding hydrogens is 180 g/mol. The molecule has 1 aliphatic rings. The minimum atomic E-state index is 0.308. The van der Waals surface area contributed by atoms with Crippen LogP contribution in [0, 0.1) is 0 Å². The monoisotopic (exact) mass is 192 g/mol. The van der Waals surface area contributed by atoms with Crippen molar-refractivity contribution in [2.75, 3.05) is 5.75 Å². The van der Waals surface area contributed by atoms with Crippen LogP contribution in [0.1, 0.15) is 29.6 Å².